The van der Waals surface area contributed by atoms with Crippen LogP contribution in [0.4, 0.5) is 0 Å². The molecule has 0 amide bonds. The number of hydrogen-bond acceptors (Lipinski definition) is 2. The summed E-state index contributed by atoms with van der Waals surface area (Å²) >= 11 is 0. The molecular formula is C25H27NO. The van der Waals surface area contributed by atoms with E-state index in [0.29, 0.717) is 5.92 Å². The molecule has 0 aliphatic carbocycles. The molecule has 0 saturated carbocycles. The van der Waals surface area contributed by atoms with Gasteiger partial charge in [-0.3, -0.25) is 4.90 Å². The minimum atomic E-state index is 0.0871. The van der Waals surface area contributed by atoms with E-state index >= 15 is 0 Å². The van der Waals surface area contributed by atoms with Crippen molar-refractivity contribution in [2.24, 2.45) is 0 Å². The maximum atomic E-state index is 6.02. The van der Waals surface area contributed by atoms with Crippen molar-refractivity contribution in [2.75, 3.05) is 13.7 Å². The molecule has 27 heavy (non-hydrogen) atoms. The summed E-state index contributed by atoms with van der Waals surface area (Å²) in [4.78, 5) is 2.56. The van der Waals surface area contributed by atoms with Crippen molar-refractivity contribution in [2.45, 2.75) is 31.5 Å². The third-order valence-electron chi connectivity index (χ3n) is 5.60. The Kier molecular flexibility index (Phi) is 5.66. The van der Waals surface area contributed by atoms with E-state index in [1.165, 1.54) is 22.3 Å². The molecular weight excluding hydrogens is 330 g/mol. The van der Waals surface area contributed by atoms with Gasteiger partial charge in [0.05, 0.1) is 6.10 Å². The van der Waals surface area contributed by atoms with E-state index in [0.717, 1.165) is 26.1 Å². The average molecular weight is 357 g/mol. The summed E-state index contributed by atoms with van der Waals surface area (Å²) in [6.07, 6.45) is 1.18. The molecule has 0 aromatic heterocycles. The van der Waals surface area contributed by atoms with Gasteiger partial charge >= 0.3 is 0 Å². The average Bonchev–Trinajstić information content (AvgIpc) is 2.90. The Morgan fingerprint density at radius 2 is 1.56 bits per heavy atom. The molecule has 3 aromatic carbocycles. The Morgan fingerprint density at radius 3 is 2.30 bits per heavy atom. The fraction of sp³-hybridized carbons (Fsp3) is 0.280. The third kappa shape index (κ3) is 4.13. The second-order valence-corrected chi connectivity index (χ2v) is 7.36. The third-order valence-corrected chi connectivity index (χ3v) is 5.60. The van der Waals surface area contributed by atoms with Gasteiger partial charge in [0.15, 0.2) is 0 Å². The van der Waals surface area contributed by atoms with Crippen molar-refractivity contribution >= 4 is 0 Å². The van der Waals surface area contributed by atoms with Crippen LogP contribution >= 0.6 is 0 Å². The van der Waals surface area contributed by atoms with Gasteiger partial charge in [-0.15, -0.1) is 0 Å². The molecule has 0 unspecified atom stereocenters. The van der Waals surface area contributed by atoms with Crippen LogP contribution < -0.4 is 0 Å². The summed E-state index contributed by atoms with van der Waals surface area (Å²) in [5, 5.41) is 0. The van der Waals surface area contributed by atoms with Crippen molar-refractivity contribution in [1.29, 1.82) is 0 Å². The fourth-order valence-corrected chi connectivity index (χ4v) is 4.30. The lowest BCUT2D eigenvalue weighted by molar-refractivity contribution is 0.0733. The van der Waals surface area contributed by atoms with Crippen LogP contribution in [0.2, 0.25) is 0 Å². The number of hydrogen-bond donors (Lipinski definition) is 0. The summed E-state index contributed by atoms with van der Waals surface area (Å²) in [6.45, 7) is 3.05. The topological polar surface area (TPSA) is 12.5 Å². The van der Waals surface area contributed by atoms with Crippen LogP contribution in [0.1, 0.15) is 40.7 Å². The molecule has 138 valence electrons. The largest absolute Gasteiger partial charge is 0.376 e. The van der Waals surface area contributed by atoms with Crippen molar-refractivity contribution in [3.05, 3.63) is 107 Å². The van der Waals surface area contributed by atoms with E-state index in [4.69, 9.17) is 4.74 Å². The molecule has 0 spiro atoms. The maximum absolute atomic E-state index is 6.02. The first-order valence-corrected chi connectivity index (χ1v) is 9.77. The maximum Gasteiger partial charge on any atom is 0.0890 e. The van der Waals surface area contributed by atoms with Gasteiger partial charge in [0, 0.05) is 26.1 Å². The van der Waals surface area contributed by atoms with E-state index in [-0.39, 0.29) is 6.10 Å². The number of rotatable bonds is 5. The van der Waals surface area contributed by atoms with Crippen LogP contribution in [0.25, 0.3) is 0 Å². The second-order valence-electron chi connectivity index (χ2n) is 7.36. The van der Waals surface area contributed by atoms with Crippen molar-refractivity contribution in [3.63, 3.8) is 0 Å². The first-order chi connectivity index (χ1) is 13.3. The lowest BCUT2D eigenvalue weighted by Crippen LogP contribution is -2.23. The zero-order chi connectivity index (χ0) is 18.5. The van der Waals surface area contributed by atoms with Crippen LogP contribution in [0.5, 0.6) is 0 Å². The highest BCUT2D eigenvalue weighted by Gasteiger charge is 2.29. The van der Waals surface area contributed by atoms with Gasteiger partial charge < -0.3 is 4.74 Å². The lowest BCUT2D eigenvalue weighted by atomic mass is 9.85. The Labute approximate surface area is 162 Å². The molecule has 1 heterocycles. The Bertz CT molecular complexity index is 846. The van der Waals surface area contributed by atoms with Gasteiger partial charge in [0.1, 0.15) is 0 Å². The molecule has 0 fully saturated rings. The summed E-state index contributed by atoms with van der Waals surface area (Å²) < 4.78 is 6.02. The van der Waals surface area contributed by atoms with E-state index in [1.807, 2.05) is 7.11 Å². The highest BCUT2D eigenvalue weighted by molar-refractivity contribution is 5.35. The first-order valence-electron chi connectivity index (χ1n) is 9.77. The SMILES string of the molecule is CO[C@@H](c1ccccc1)[C@H]1CCN(Cc2ccccc2)Cc2ccccc21. The zero-order valence-electron chi connectivity index (χ0n) is 15.9. The minimum absolute atomic E-state index is 0.0871. The molecule has 0 radical (unpaired) electrons. The van der Waals surface area contributed by atoms with Crippen molar-refractivity contribution < 1.29 is 4.74 Å². The predicted molar refractivity (Wildman–Crippen MR) is 111 cm³/mol. The van der Waals surface area contributed by atoms with Gasteiger partial charge in [-0.1, -0.05) is 84.9 Å². The predicted octanol–water partition coefficient (Wildman–Crippen LogP) is 5.56. The highest BCUT2D eigenvalue weighted by Crippen LogP contribution is 2.40. The number of fused-ring (bicyclic) bond motifs is 1. The summed E-state index contributed by atoms with van der Waals surface area (Å²) in [5.41, 5.74) is 5.49. The van der Waals surface area contributed by atoms with E-state index in [2.05, 4.69) is 89.8 Å². The lowest BCUT2D eigenvalue weighted by Gasteiger charge is -2.27. The van der Waals surface area contributed by atoms with E-state index in [9.17, 15) is 0 Å². The highest BCUT2D eigenvalue weighted by atomic mass is 16.5. The van der Waals surface area contributed by atoms with Gasteiger partial charge in [-0.2, -0.15) is 0 Å². The fourth-order valence-electron chi connectivity index (χ4n) is 4.30. The summed E-state index contributed by atoms with van der Waals surface area (Å²) in [6, 6.07) is 30.3. The number of ether oxygens (including phenoxy) is 1. The first kappa shape index (κ1) is 18.0. The van der Waals surface area contributed by atoms with Crippen molar-refractivity contribution in [3.8, 4) is 0 Å². The van der Waals surface area contributed by atoms with E-state index < -0.39 is 0 Å². The van der Waals surface area contributed by atoms with Gasteiger partial charge in [0.2, 0.25) is 0 Å². The monoisotopic (exact) mass is 357 g/mol. The van der Waals surface area contributed by atoms with Crippen LogP contribution in [0, 0.1) is 0 Å². The number of benzene rings is 3. The molecule has 0 saturated heterocycles. The van der Waals surface area contributed by atoms with E-state index in [1.54, 1.807) is 0 Å². The Balaban J connectivity index is 1.63. The molecule has 0 bridgehead atoms. The van der Waals surface area contributed by atoms with Crippen LogP contribution in [0.3, 0.4) is 0 Å². The van der Waals surface area contributed by atoms with Gasteiger partial charge in [-0.05, 0) is 35.2 Å². The molecule has 3 aromatic rings. The van der Waals surface area contributed by atoms with Crippen molar-refractivity contribution in [1.82, 2.24) is 4.90 Å². The molecule has 2 heteroatoms. The molecule has 1 aliphatic rings. The molecule has 0 N–H and O–H groups in total. The number of nitrogens with zero attached hydrogens (tertiary/aromatic N) is 1. The van der Waals surface area contributed by atoms with Crippen LogP contribution in [-0.2, 0) is 17.8 Å². The Morgan fingerprint density at radius 1 is 0.889 bits per heavy atom. The molecule has 4 rings (SSSR count). The second kappa shape index (κ2) is 8.51. The zero-order valence-corrected chi connectivity index (χ0v) is 15.9. The van der Waals surface area contributed by atoms with Crippen LogP contribution in [-0.4, -0.2) is 18.6 Å². The smallest absolute Gasteiger partial charge is 0.0890 e. The minimum Gasteiger partial charge on any atom is -0.376 e. The molecule has 2 nitrogen and oxygen atoms in total. The summed E-state index contributed by atoms with van der Waals surface area (Å²) in [5.74, 6) is 0.370. The summed E-state index contributed by atoms with van der Waals surface area (Å²) in [7, 11) is 1.84. The van der Waals surface area contributed by atoms with Crippen LogP contribution in [0.15, 0.2) is 84.9 Å². The Hall–Kier alpha value is -2.42. The molecule has 1 aliphatic heterocycles. The normalized spacial score (nSPS) is 18.5. The standard InChI is InChI=1S/C25H27NO/c1-27-25(21-12-6-3-7-13-21)24-16-17-26(18-20-10-4-2-5-11-20)19-22-14-8-9-15-23(22)24/h2-15,24-25H,16-19H2,1H3/t24-,25-/m0/s1. The quantitative estimate of drug-likeness (QED) is 0.592. The van der Waals surface area contributed by atoms with Gasteiger partial charge in [-0.25, -0.2) is 0 Å². The number of methoxy groups -OCH3 is 1. The molecule has 2 atom stereocenters. The van der Waals surface area contributed by atoms with Gasteiger partial charge in [0.25, 0.3) is 0 Å².